The maximum atomic E-state index is 9.21. The maximum Gasteiger partial charge on any atom is 0.0998 e. The molecule has 0 saturated heterocycles. The lowest BCUT2D eigenvalue weighted by molar-refractivity contribution is 1.51. The van der Waals surface area contributed by atoms with Crippen LogP contribution in [0.4, 0.5) is 0 Å². The zero-order valence-corrected chi connectivity index (χ0v) is 9.57. The van der Waals surface area contributed by atoms with E-state index in [4.69, 9.17) is 0 Å². The van der Waals surface area contributed by atoms with Crippen LogP contribution in [0.2, 0.25) is 0 Å². The van der Waals surface area contributed by atoms with E-state index in [1.54, 1.807) is 0 Å². The molecule has 18 heavy (non-hydrogen) atoms. The van der Waals surface area contributed by atoms with Gasteiger partial charge in [-0.2, -0.15) is 5.26 Å². The van der Waals surface area contributed by atoms with Crippen LogP contribution in [0.1, 0.15) is 5.56 Å². The SMILES string of the molecule is N#Cc1ccc2ccc3[c]ccc4ccc1c2c34. The Kier molecular flexibility index (Phi) is 1.68. The van der Waals surface area contributed by atoms with Crippen LogP contribution in [0.3, 0.4) is 0 Å². The smallest absolute Gasteiger partial charge is 0.0998 e. The molecule has 1 nitrogen and oxygen atoms in total. The average Bonchev–Trinajstić information content (AvgIpc) is 2.44. The van der Waals surface area contributed by atoms with Crippen LogP contribution in [-0.4, -0.2) is 0 Å². The second kappa shape index (κ2) is 3.21. The van der Waals surface area contributed by atoms with Crippen molar-refractivity contribution in [3.05, 3.63) is 60.2 Å². The zero-order valence-electron chi connectivity index (χ0n) is 9.57. The van der Waals surface area contributed by atoms with Crippen LogP contribution < -0.4 is 0 Å². The first-order valence-electron chi connectivity index (χ1n) is 5.87. The van der Waals surface area contributed by atoms with Crippen molar-refractivity contribution < 1.29 is 0 Å². The van der Waals surface area contributed by atoms with Crippen molar-refractivity contribution in [2.24, 2.45) is 0 Å². The Morgan fingerprint density at radius 1 is 0.833 bits per heavy atom. The Morgan fingerprint density at radius 3 is 2.50 bits per heavy atom. The van der Waals surface area contributed by atoms with Gasteiger partial charge < -0.3 is 0 Å². The molecule has 0 aliphatic heterocycles. The number of benzene rings is 4. The number of hydrogen-bond acceptors (Lipinski definition) is 1. The lowest BCUT2D eigenvalue weighted by Crippen LogP contribution is -1.86. The van der Waals surface area contributed by atoms with Crippen molar-refractivity contribution in [3.8, 4) is 6.07 Å². The van der Waals surface area contributed by atoms with E-state index in [0.717, 1.165) is 16.3 Å². The molecule has 4 rings (SSSR count). The molecule has 1 radical (unpaired) electrons. The highest BCUT2D eigenvalue weighted by Crippen LogP contribution is 2.35. The number of nitriles is 1. The predicted octanol–water partition coefficient (Wildman–Crippen LogP) is 4.26. The standard InChI is InChI=1S/C17H8N/c18-10-14-7-6-13-5-4-11-2-1-3-12-8-9-15(14)17(13)16(11)12/h1,3-9H. The molecule has 0 aromatic heterocycles. The van der Waals surface area contributed by atoms with Gasteiger partial charge in [0.2, 0.25) is 0 Å². The van der Waals surface area contributed by atoms with Gasteiger partial charge in [-0.3, -0.25) is 0 Å². The predicted molar refractivity (Wildman–Crippen MR) is 73.7 cm³/mol. The lowest BCUT2D eigenvalue weighted by Gasteiger charge is -2.10. The fourth-order valence-corrected chi connectivity index (χ4v) is 2.75. The summed E-state index contributed by atoms with van der Waals surface area (Å²) in [6, 6.07) is 21.8. The van der Waals surface area contributed by atoms with Gasteiger partial charge in [0.15, 0.2) is 0 Å². The molecular formula is C17H8N. The second-order valence-corrected chi connectivity index (χ2v) is 4.49. The molecule has 0 bridgehead atoms. The average molecular weight is 226 g/mol. The molecule has 0 unspecified atom stereocenters. The molecule has 0 saturated carbocycles. The van der Waals surface area contributed by atoms with Crippen molar-refractivity contribution in [2.75, 3.05) is 0 Å². The van der Waals surface area contributed by atoms with Crippen LogP contribution in [-0.2, 0) is 0 Å². The Morgan fingerprint density at radius 2 is 1.61 bits per heavy atom. The molecule has 0 aliphatic rings. The summed E-state index contributed by atoms with van der Waals surface area (Å²) in [4.78, 5) is 0. The summed E-state index contributed by atoms with van der Waals surface area (Å²) in [5.74, 6) is 0. The largest absolute Gasteiger partial charge is 0.192 e. The van der Waals surface area contributed by atoms with Gasteiger partial charge in [0.25, 0.3) is 0 Å². The molecule has 0 N–H and O–H groups in total. The van der Waals surface area contributed by atoms with E-state index >= 15 is 0 Å². The molecule has 0 amide bonds. The van der Waals surface area contributed by atoms with Gasteiger partial charge in [-0.05, 0) is 39.1 Å². The van der Waals surface area contributed by atoms with Gasteiger partial charge in [0.1, 0.15) is 0 Å². The Hall–Kier alpha value is -2.59. The molecule has 4 aromatic carbocycles. The molecule has 0 fully saturated rings. The van der Waals surface area contributed by atoms with Gasteiger partial charge >= 0.3 is 0 Å². The summed E-state index contributed by atoms with van der Waals surface area (Å²) in [7, 11) is 0. The summed E-state index contributed by atoms with van der Waals surface area (Å²) in [5, 5.41) is 16.1. The molecule has 0 atom stereocenters. The molecule has 0 spiro atoms. The number of hydrogen-bond donors (Lipinski definition) is 0. The first-order valence-corrected chi connectivity index (χ1v) is 5.87. The molecule has 81 valence electrons. The molecule has 4 aromatic rings. The van der Waals surface area contributed by atoms with Crippen LogP contribution >= 0.6 is 0 Å². The maximum absolute atomic E-state index is 9.21. The Balaban J connectivity index is 2.45. The van der Waals surface area contributed by atoms with E-state index in [1.807, 2.05) is 24.3 Å². The molecule has 0 aliphatic carbocycles. The highest BCUT2D eigenvalue weighted by molar-refractivity contribution is 6.23. The number of rotatable bonds is 0. The third-order valence-electron chi connectivity index (χ3n) is 3.57. The highest BCUT2D eigenvalue weighted by atomic mass is 14.2. The van der Waals surface area contributed by atoms with Crippen molar-refractivity contribution in [1.82, 2.24) is 0 Å². The van der Waals surface area contributed by atoms with Crippen LogP contribution in [0.5, 0.6) is 0 Å². The van der Waals surface area contributed by atoms with E-state index in [-0.39, 0.29) is 0 Å². The Labute approximate surface area is 104 Å². The fraction of sp³-hybridized carbons (Fsp3) is 0. The normalized spacial score (nSPS) is 11.3. The van der Waals surface area contributed by atoms with Crippen LogP contribution in [0.25, 0.3) is 32.3 Å². The third kappa shape index (κ3) is 1.05. The first-order chi connectivity index (χ1) is 8.88. The van der Waals surface area contributed by atoms with Crippen LogP contribution in [0.15, 0.2) is 48.5 Å². The van der Waals surface area contributed by atoms with Gasteiger partial charge in [0, 0.05) is 5.39 Å². The zero-order chi connectivity index (χ0) is 12.1. The van der Waals surface area contributed by atoms with Gasteiger partial charge in [0.05, 0.1) is 11.6 Å². The summed E-state index contributed by atoms with van der Waals surface area (Å²) < 4.78 is 0. The Bertz CT molecular complexity index is 913. The van der Waals surface area contributed by atoms with E-state index in [0.29, 0.717) is 0 Å². The number of nitrogens with zero attached hydrogens (tertiary/aromatic N) is 1. The minimum absolute atomic E-state index is 0.737. The van der Waals surface area contributed by atoms with Gasteiger partial charge in [-0.1, -0.05) is 42.5 Å². The topological polar surface area (TPSA) is 23.8 Å². The second-order valence-electron chi connectivity index (χ2n) is 4.49. The van der Waals surface area contributed by atoms with Crippen molar-refractivity contribution >= 4 is 32.3 Å². The minimum Gasteiger partial charge on any atom is -0.192 e. The molecular weight excluding hydrogens is 218 g/mol. The lowest BCUT2D eigenvalue weighted by atomic mass is 9.92. The van der Waals surface area contributed by atoms with Crippen LogP contribution in [0, 0.1) is 17.4 Å². The van der Waals surface area contributed by atoms with Gasteiger partial charge in [-0.15, -0.1) is 0 Å². The fourth-order valence-electron chi connectivity index (χ4n) is 2.75. The van der Waals surface area contributed by atoms with E-state index in [1.165, 1.54) is 21.5 Å². The van der Waals surface area contributed by atoms with Crippen molar-refractivity contribution in [2.45, 2.75) is 0 Å². The quantitative estimate of drug-likeness (QED) is 0.411. The van der Waals surface area contributed by atoms with Gasteiger partial charge in [-0.25, -0.2) is 0 Å². The molecule has 1 heteroatoms. The third-order valence-corrected chi connectivity index (χ3v) is 3.57. The van der Waals surface area contributed by atoms with Crippen molar-refractivity contribution in [1.29, 1.82) is 5.26 Å². The van der Waals surface area contributed by atoms with Crippen molar-refractivity contribution in [3.63, 3.8) is 0 Å². The highest BCUT2D eigenvalue weighted by Gasteiger charge is 2.09. The van der Waals surface area contributed by atoms with E-state index in [2.05, 4.69) is 36.4 Å². The summed E-state index contributed by atoms with van der Waals surface area (Å²) in [5.41, 5.74) is 0.737. The molecule has 0 heterocycles. The first kappa shape index (κ1) is 9.44. The van der Waals surface area contributed by atoms with E-state index < -0.39 is 0 Å². The van der Waals surface area contributed by atoms with E-state index in [9.17, 15) is 5.26 Å². The summed E-state index contributed by atoms with van der Waals surface area (Å²) in [6.45, 7) is 0. The monoisotopic (exact) mass is 226 g/mol. The summed E-state index contributed by atoms with van der Waals surface area (Å²) in [6.07, 6.45) is 0. The minimum atomic E-state index is 0.737. The summed E-state index contributed by atoms with van der Waals surface area (Å²) >= 11 is 0.